The first-order valence-corrected chi connectivity index (χ1v) is 8.96. The van der Waals surface area contributed by atoms with Crippen molar-refractivity contribution in [2.24, 2.45) is 5.92 Å². The lowest BCUT2D eigenvalue weighted by Gasteiger charge is -2.20. The molecule has 1 aromatic rings. The van der Waals surface area contributed by atoms with E-state index < -0.39 is 0 Å². The van der Waals surface area contributed by atoms with E-state index in [2.05, 4.69) is 20.6 Å². The van der Waals surface area contributed by atoms with Gasteiger partial charge in [-0.3, -0.25) is 14.6 Å². The molecule has 2 amide bonds. The van der Waals surface area contributed by atoms with Crippen molar-refractivity contribution in [3.05, 3.63) is 23.8 Å². The molecular weight excluding hydrogens is 320 g/mol. The summed E-state index contributed by atoms with van der Waals surface area (Å²) in [6, 6.07) is -0.150. The number of carbonyl (C=O) groups is 2. The topological polar surface area (TPSA) is 93.2 Å². The summed E-state index contributed by atoms with van der Waals surface area (Å²) in [6.45, 7) is 7.02. The number of nitrogens with zero attached hydrogens (tertiary/aromatic N) is 2. The highest BCUT2D eigenvalue weighted by molar-refractivity contribution is 5.92. The summed E-state index contributed by atoms with van der Waals surface area (Å²) < 4.78 is 5.46. The molecule has 1 aromatic heterocycles. The average molecular weight is 348 g/mol. The molecule has 0 radical (unpaired) electrons. The Morgan fingerprint density at radius 2 is 2.08 bits per heavy atom. The minimum atomic E-state index is -0.275. The molecule has 2 rings (SSSR count). The number of hydrogen-bond acceptors (Lipinski definition) is 5. The standard InChI is InChI=1S/C18H28N4O3/c1-12(2)25-9-5-8-19-17(23)14-6-4-7-15(14)22-18(24)16-11-20-13(3)10-21-16/h10-12,14-15H,4-9H2,1-3H3,(H,19,23)(H,22,24)/t14-,15+/m0/s1. The third-order valence-corrected chi connectivity index (χ3v) is 4.25. The molecule has 7 nitrogen and oxygen atoms in total. The van der Waals surface area contributed by atoms with Gasteiger partial charge < -0.3 is 15.4 Å². The van der Waals surface area contributed by atoms with E-state index in [1.54, 1.807) is 6.20 Å². The van der Waals surface area contributed by atoms with E-state index >= 15 is 0 Å². The van der Waals surface area contributed by atoms with Crippen molar-refractivity contribution in [3.63, 3.8) is 0 Å². The second-order valence-electron chi connectivity index (χ2n) is 6.72. The first-order chi connectivity index (χ1) is 12.0. The number of aromatic nitrogens is 2. The fourth-order valence-corrected chi connectivity index (χ4v) is 2.93. The van der Waals surface area contributed by atoms with E-state index in [-0.39, 0.29) is 35.6 Å². The lowest BCUT2D eigenvalue weighted by Crippen LogP contribution is -2.44. The third-order valence-electron chi connectivity index (χ3n) is 4.25. The zero-order chi connectivity index (χ0) is 18.2. The van der Waals surface area contributed by atoms with E-state index in [9.17, 15) is 9.59 Å². The summed E-state index contributed by atoms with van der Waals surface area (Å²) in [5.74, 6) is -0.460. The van der Waals surface area contributed by atoms with E-state index in [1.165, 1.54) is 6.20 Å². The molecule has 0 spiro atoms. The Kier molecular flexibility index (Phi) is 7.31. The Labute approximate surface area is 149 Å². The van der Waals surface area contributed by atoms with Crippen molar-refractivity contribution in [3.8, 4) is 0 Å². The summed E-state index contributed by atoms with van der Waals surface area (Å²) in [6.07, 6.45) is 6.54. The maximum atomic E-state index is 12.4. The summed E-state index contributed by atoms with van der Waals surface area (Å²) in [7, 11) is 0. The number of hydrogen-bond donors (Lipinski definition) is 2. The first-order valence-electron chi connectivity index (χ1n) is 8.96. The number of ether oxygens (including phenoxy) is 1. The summed E-state index contributed by atoms with van der Waals surface area (Å²) >= 11 is 0. The number of amides is 2. The van der Waals surface area contributed by atoms with Crippen LogP contribution in [-0.4, -0.2) is 47.1 Å². The van der Waals surface area contributed by atoms with Gasteiger partial charge in [-0.25, -0.2) is 4.98 Å². The Hall–Kier alpha value is -2.02. The lowest BCUT2D eigenvalue weighted by atomic mass is 10.0. The van der Waals surface area contributed by atoms with Crippen LogP contribution in [-0.2, 0) is 9.53 Å². The van der Waals surface area contributed by atoms with Gasteiger partial charge in [0.2, 0.25) is 5.91 Å². The summed E-state index contributed by atoms with van der Waals surface area (Å²) in [4.78, 5) is 32.8. The van der Waals surface area contributed by atoms with Gasteiger partial charge in [0.05, 0.1) is 23.9 Å². The van der Waals surface area contributed by atoms with E-state index in [1.807, 2.05) is 20.8 Å². The minimum Gasteiger partial charge on any atom is -0.379 e. The SMILES string of the molecule is Cc1cnc(C(=O)N[C@@H]2CCC[C@@H]2C(=O)NCCCOC(C)C)cn1. The van der Waals surface area contributed by atoms with E-state index in [4.69, 9.17) is 4.74 Å². The van der Waals surface area contributed by atoms with Gasteiger partial charge in [-0.05, 0) is 40.0 Å². The fourth-order valence-electron chi connectivity index (χ4n) is 2.93. The molecule has 138 valence electrons. The smallest absolute Gasteiger partial charge is 0.271 e. The van der Waals surface area contributed by atoms with Gasteiger partial charge in [0.15, 0.2) is 0 Å². The molecule has 1 aliphatic carbocycles. The zero-order valence-electron chi connectivity index (χ0n) is 15.2. The van der Waals surface area contributed by atoms with Crippen LogP contribution in [0.15, 0.2) is 12.4 Å². The third kappa shape index (κ3) is 6.08. The molecule has 1 aliphatic rings. The van der Waals surface area contributed by atoms with Gasteiger partial charge >= 0.3 is 0 Å². The molecular formula is C18H28N4O3. The minimum absolute atomic E-state index is 0.00216. The van der Waals surface area contributed by atoms with Crippen molar-refractivity contribution < 1.29 is 14.3 Å². The Morgan fingerprint density at radius 1 is 1.28 bits per heavy atom. The molecule has 2 N–H and O–H groups in total. The summed E-state index contributed by atoms with van der Waals surface area (Å²) in [5.41, 5.74) is 1.04. The zero-order valence-corrected chi connectivity index (χ0v) is 15.2. The molecule has 0 saturated heterocycles. The van der Waals surface area contributed by atoms with Gasteiger partial charge in [0, 0.05) is 25.4 Å². The van der Waals surface area contributed by atoms with Crippen LogP contribution in [0.25, 0.3) is 0 Å². The first kappa shape index (κ1) is 19.3. The second-order valence-corrected chi connectivity index (χ2v) is 6.72. The fraction of sp³-hybridized carbons (Fsp3) is 0.667. The molecule has 0 aliphatic heterocycles. The summed E-state index contributed by atoms with van der Waals surface area (Å²) in [5, 5.41) is 5.89. The molecule has 0 aromatic carbocycles. The van der Waals surface area contributed by atoms with Gasteiger partial charge in [0.25, 0.3) is 5.91 Å². The molecule has 25 heavy (non-hydrogen) atoms. The van der Waals surface area contributed by atoms with Crippen LogP contribution < -0.4 is 10.6 Å². The molecule has 0 unspecified atom stereocenters. The van der Waals surface area contributed by atoms with Crippen molar-refractivity contribution in [2.45, 2.75) is 58.6 Å². The molecule has 1 heterocycles. The van der Waals surface area contributed by atoms with Crippen LogP contribution in [0.5, 0.6) is 0 Å². The van der Waals surface area contributed by atoms with Crippen LogP contribution in [0, 0.1) is 12.8 Å². The molecule has 0 bridgehead atoms. The Morgan fingerprint density at radius 3 is 2.76 bits per heavy atom. The van der Waals surface area contributed by atoms with Crippen LogP contribution in [0.3, 0.4) is 0 Å². The highest BCUT2D eigenvalue weighted by Gasteiger charge is 2.34. The Balaban J connectivity index is 1.79. The molecule has 1 saturated carbocycles. The maximum Gasteiger partial charge on any atom is 0.271 e. The van der Waals surface area contributed by atoms with Gasteiger partial charge in [-0.15, -0.1) is 0 Å². The van der Waals surface area contributed by atoms with E-state index in [0.717, 1.165) is 31.4 Å². The van der Waals surface area contributed by atoms with Crippen LogP contribution in [0.1, 0.15) is 55.7 Å². The number of nitrogens with one attached hydrogen (secondary N) is 2. The number of carbonyl (C=O) groups excluding carboxylic acids is 2. The largest absolute Gasteiger partial charge is 0.379 e. The predicted octanol–water partition coefficient (Wildman–Crippen LogP) is 1.61. The number of aryl methyl sites for hydroxylation is 1. The van der Waals surface area contributed by atoms with Crippen molar-refractivity contribution >= 4 is 11.8 Å². The van der Waals surface area contributed by atoms with E-state index in [0.29, 0.717) is 13.2 Å². The molecule has 1 fully saturated rings. The van der Waals surface area contributed by atoms with Gasteiger partial charge in [-0.1, -0.05) is 6.42 Å². The lowest BCUT2D eigenvalue weighted by molar-refractivity contribution is -0.125. The second kappa shape index (κ2) is 9.46. The van der Waals surface area contributed by atoms with Crippen LogP contribution >= 0.6 is 0 Å². The highest BCUT2D eigenvalue weighted by Crippen LogP contribution is 2.26. The molecule has 7 heteroatoms. The van der Waals surface area contributed by atoms with Gasteiger partial charge in [0.1, 0.15) is 5.69 Å². The van der Waals surface area contributed by atoms with Crippen molar-refractivity contribution in [1.82, 2.24) is 20.6 Å². The monoisotopic (exact) mass is 348 g/mol. The van der Waals surface area contributed by atoms with Crippen molar-refractivity contribution in [2.75, 3.05) is 13.2 Å². The number of rotatable bonds is 8. The Bertz CT molecular complexity index is 574. The normalized spacial score (nSPS) is 19.8. The van der Waals surface area contributed by atoms with Gasteiger partial charge in [-0.2, -0.15) is 0 Å². The van der Waals surface area contributed by atoms with Crippen LogP contribution in [0.2, 0.25) is 0 Å². The predicted molar refractivity (Wildman–Crippen MR) is 94.1 cm³/mol. The highest BCUT2D eigenvalue weighted by atomic mass is 16.5. The quantitative estimate of drug-likeness (QED) is 0.696. The average Bonchev–Trinajstić information content (AvgIpc) is 3.02. The maximum absolute atomic E-state index is 12.4. The van der Waals surface area contributed by atoms with Crippen molar-refractivity contribution in [1.29, 1.82) is 0 Å². The molecule has 2 atom stereocenters. The van der Waals surface area contributed by atoms with Crippen LogP contribution in [0.4, 0.5) is 0 Å².